The standard InChI is InChI=1S/C11H14ClN3O2S/c1-8(6-13)18(16,17)15(2)7-9-5-10(14)3-4-11(9)12/h3-5,8H,7,14H2,1-2H3. The first-order valence-corrected chi connectivity index (χ1v) is 7.06. The largest absolute Gasteiger partial charge is 0.399 e. The van der Waals surface area contributed by atoms with Crippen LogP contribution in [0, 0.1) is 11.3 Å². The monoisotopic (exact) mass is 287 g/mol. The van der Waals surface area contributed by atoms with Gasteiger partial charge in [0, 0.05) is 24.3 Å². The van der Waals surface area contributed by atoms with Crippen LogP contribution in [-0.4, -0.2) is 25.0 Å². The van der Waals surface area contributed by atoms with Crippen molar-refractivity contribution < 1.29 is 8.42 Å². The number of nitriles is 1. The Bertz CT molecular complexity index is 580. The van der Waals surface area contributed by atoms with Gasteiger partial charge in [0.15, 0.2) is 5.25 Å². The van der Waals surface area contributed by atoms with E-state index in [2.05, 4.69) is 0 Å². The minimum absolute atomic E-state index is 0.0816. The van der Waals surface area contributed by atoms with E-state index in [0.29, 0.717) is 16.3 Å². The number of anilines is 1. The van der Waals surface area contributed by atoms with E-state index in [0.717, 1.165) is 4.31 Å². The second kappa shape index (κ2) is 5.57. The number of hydrogen-bond donors (Lipinski definition) is 1. The molecule has 1 aromatic carbocycles. The molecule has 1 unspecified atom stereocenters. The van der Waals surface area contributed by atoms with Crippen LogP contribution in [0.3, 0.4) is 0 Å². The molecule has 5 nitrogen and oxygen atoms in total. The maximum Gasteiger partial charge on any atom is 0.230 e. The smallest absolute Gasteiger partial charge is 0.230 e. The summed E-state index contributed by atoms with van der Waals surface area (Å²) in [6.07, 6.45) is 0. The van der Waals surface area contributed by atoms with E-state index in [1.807, 2.05) is 0 Å². The Balaban J connectivity index is 2.99. The van der Waals surface area contributed by atoms with Gasteiger partial charge in [0.25, 0.3) is 0 Å². The second-order valence-electron chi connectivity index (χ2n) is 3.92. The van der Waals surface area contributed by atoms with Crippen LogP contribution < -0.4 is 5.73 Å². The normalized spacial score (nSPS) is 13.3. The highest BCUT2D eigenvalue weighted by molar-refractivity contribution is 7.89. The molecule has 0 spiro atoms. The summed E-state index contributed by atoms with van der Waals surface area (Å²) in [6, 6.07) is 6.58. The zero-order chi connectivity index (χ0) is 13.9. The molecule has 1 atom stereocenters. The van der Waals surface area contributed by atoms with Crippen LogP contribution in [0.2, 0.25) is 5.02 Å². The maximum atomic E-state index is 11.9. The predicted octanol–water partition coefficient (Wildman–Crippen LogP) is 1.60. The molecule has 1 rings (SSSR count). The average Bonchev–Trinajstić information content (AvgIpc) is 2.32. The van der Waals surface area contributed by atoms with Crippen molar-refractivity contribution in [2.24, 2.45) is 0 Å². The third-order valence-electron chi connectivity index (χ3n) is 2.53. The van der Waals surface area contributed by atoms with E-state index >= 15 is 0 Å². The Morgan fingerprint density at radius 2 is 2.17 bits per heavy atom. The summed E-state index contributed by atoms with van der Waals surface area (Å²) < 4.78 is 24.9. The van der Waals surface area contributed by atoms with Crippen LogP contribution in [-0.2, 0) is 16.6 Å². The minimum atomic E-state index is -3.64. The van der Waals surface area contributed by atoms with Crippen LogP contribution in [0.1, 0.15) is 12.5 Å². The van der Waals surface area contributed by atoms with Crippen molar-refractivity contribution in [2.75, 3.05) is 12.8 Å². The third-order valence-corrected chi connectivity index (χ3v) is 4.89. The van der Waals surface area contributed by atoms with E-state index in [-0.39, 0.29) is 6.54 Å². The molecule has 0 aromatic heterocycles. The first kappa shape index (κ1) is 14.8. The molecule has 0 aliphatic carbocycles. The Hall–Kier alpha value is -1.29. The first-order chi connectivity index (χ1) is 8.28. The molecule has 2 N–H and O–H groups in total. The van der Waals surface area contributed by atoms with Gasteiger partial charge in [0.05, 0.1) is 6.07 Å². The second-order valence-corrected chi connectivity index (χ2v) is 6.69. The number of nitrogen functional groups attached to an aromatic ring is 1. The van der Waals surface area contributed by atoms with Gasteiger partial charge in [0.1, 0.15) is 0 Å². The van der Waals surface area contributed by atoms with E-state index in [4.69, 9.17) is 22.6 Å². The minimum Gasteiger partial charge on any atom is -0.399 e. The van der Waals surface area contributed by atoms with Gasteiger partial charge < -0.3 is 5.73 Å². The van der Waals surface area contributed by atoms with Crippen molar-refractivity contribution in [1.29, 1.82) is 5.26 Å². The van der Waals surface area contributed by atoms with E-state index in [1.165, 1.54) is 14.0 Å². The Morgan fingerprint density at radius 1 is 1.56 bits per heavy atom. The van der Waals surface area contributed by atoms with Crippen molar-refractivity contribution in [3.05, 3.63) is 28.8 Å². The SMILES string of the molecule is CC(C#N)S(=O)(=O)N(C)Cc1cc(N)ccc1Cl. The van der Waals surface area contributed by atoms with Gasteiger partial charge in [-0.1, -0.05) is 11.6 Å². The van der Waals surface area contributed by atoms with E-state index in [9.17, 15) is 8.42 Å². The fraction of sp³-hybridized carbons (Fsp3) is 0.364. The van der Waals surface area contributed by atoms with Gasteiger partial charge in [0.2, 0.25) is 10.0 Å². The van der Waals surface area contributed by atoms with E-state index < -0.39 is 15.3 Å². The Morgan fingerprint density at radius 3 is 2.72 bits per heavy atom. The van der Waals surface area contributed by atoms with Gasteiger partial charge in [-0.25, -0.2) is 8.42 Å². The molecule has 0 heterocycles. The summed E-state index contributed by atoms with van der Waals surface area (Å²) >= 11 is 5.96. The third kappa shape index (κ3) is 3.13. The zero-order valence-electron chi connectivity index (χ0n) is 10.1. The molecular formula is C11H14ClN3O2S. The summed E-state index contributed by atoms with van der Waals surface area (Å²) in [5.74, 6) is 0. The van der Waals surface area contributed by atoms with Gasteiger partial charge in [-0.05, 0) is 30.7 Å². The zero-order valence-corrected chi connectivity index (χ0v) is 11.7. The molecule has 0 radical (unpaired) electrons. The molecule has 0 bridgehead atoms. The first-order valence-electron chi connectivity index (χ1n) is 5.17. The summed E-state index contributed by atoms with van der Waals surface area (Å²) in [5, 5.41) is 8.03. The molecule has 18 heavy (non-hydrogen) atoms. The van der Waals surface area contributed by atoms with Crippen molar-refractivity contribution in [1.82, 2.24) is 4.31 Å². The number of rotatable bonds is 4. The summed E-state index contributed by atoms with van der Waals surface area (Å²) in [4.78, 5) is 0. The fourth-order valence-corrected chi connectivity index (χ4v) is 2.55. The van der Waals surface area contributed by atoms with Gasteiger partial charge in [-0.2, -0.15) is 9.57 Å². The summed E-state index contributed by atoms with van der Waals surface area (Å²) in [7, 11) is -2.24. The molecule has 0 aliphatic heterocycles. The Kier molecular flexibility index (Phi) is 4.57. The summed E-state index contributed by atoms with van der Waals surface area (Å²) in [6.45, 7) is 1.42. The van der Waals surface area contributed by atoms with Crippen LogP contribution in [0.25, 0.3) is 0 Å². The number of hydrogen-bond acceptors (Lipinski definition) is 4. The van der Waals surface area contributed by atoms with Gasteiger partial charge >= 0.3 is 0 Å². The lowest BCUT2D eigenvalue weighted by Crippen LogP contribution is -2.33. The topological polar surface area (TPSA) is 87.2 Å². The molecule has 7 heteroatoms. The lowest BCUT2D eigenvalue weighted by atomic mass is 10.2. The van der Waals surface area contributed by atoms with Crippen molar-refractivity contribution >= 4 is 27.3 Å². The highest BCUT2D eigenvalue weighted by Crippen LogP contribution is 2.21. The molecule has 1 aromatic rings. The van der Waals surface area contributed by atoms with Crippen molar-refractivity contribution in [2.45, 2.75) is 18.7 Å². The Labute approximate surface area is 112 Å². The fourth-order valence-electron chi connectivity index (χ4n) is 1.38. The van der Waals surface area contributed by atoms with Gasteiger partial charge in [-0.15, -0.1) is 0 Å². The van der Waals surface area contributed by atoms with Crippen LogP contribution in [0.15, 0.2) is 18.2 Å². The molecule has 0 saturated heterocycles. The lowest BCUT2D eigenvalue weighted by Gasteiger charge is -2.19. The lowest BCUT2D eigenvalue weighted by molar-refractivity contribution is 0.463. The van der Waals surface area contributed by atoms with E-state index in [1.54, 1.807) is 24.3 Å². The number of nitrogens with two attached hydrogens (primary N) is 1. The van der Waals surface area contributed by atoms with Crippen molar-refractivity contribution in [3.63, 3.8) is 0 Å². The molecule has 0 amide bonds. The average molecular weight is 288 g/mol. The summed E-state index contributed by atoms with van der Waals surface area (Å²) in [5.41, 5.74) is 6.73. The van der Waals surface area contributed by atoms with Crippen LogP contribution in [0.5, 0.6) is 0 Å². The maximum absolute atomic E-state index is 11.9. The van der Waals surface area contributed by atoms with Crippen LogP contribution in [0.4, 0.5) is 5.69 Å². The molecule has 98 valence electrons. The highest BCUT2D eigenvalue weighted by atomic mass is 35.5. The number of nitrogens with zero attached hydrogens (tertiary/aromatic N) is 2. The number of sulfonamides is 1. The van der Waals surface area contributed by atoms with Crippen molar-refractivity contribution in [3.8, 4) is 6.07 Å². The molecule has 0 aliphatic rings. The quantitative estimate of drug-likeness (QED) is 0.852. The highest BCUT2D eigenvalue weighted by Gasteiger charge is 2.26. The molecule has 0 saturated carbocycles. The van der Waals surface area contributed by atoms with Crippen LogP contribution >= 0.6 is 11.6 Å². The number of benzene rings is 1. The molecular weight excluding hydrogens is 274 g/mol. The number of halogens is 1. The predicted molar refractivity (Wildman–Crippen MR) is 71.3 cm³/mol. The molecule has 0 fully saturated rings. The van der Waals surface area contributed by atoms with Gasteiger partial charge in [-0.3, -0.25) is 0 Å².